The Labute approximate surface area is 166 Å². The molecule has 2 aromatic heterocycles. The molecule has 28 heavy (non-hydrogen) atoms. The van der Waals surface area contributed by atoms with Crippen LogP contribution in [0.5, 0.6) is 0 Å². The maximum Gasteiger partial charge on any atom is 0.273 e. The lowest BCUT2D eigenvalue weighted by Gasteiger charge is -2.23. The number of nitrogens with one attached hydrogen (secondary N) is 3. The summed E-state index contributed by atoms with van der Waals surface area (Å²) in [4.78, 5) is 16.2. The molecule has 0 unspecified atom stereocenters. The molecule has 0 bridgehead atoms. The van der Waals surface area contributed by atoms with E-state index in [1.54, 1.807) is 0 Å². The van der Waals surface area contributed by atoms with E-state index in [1.807, 2.05) is 41.8 Å². The zero-order valence-electron chi connectivity index (χ0n) is 15.2. The highest BCUT2D eigenvalue weighted by atomic mass is 32.1. The Kier molecular flexibility index (Phi) is 5.45. The van der Waals surface area contributed by atoms with Crippen LogP contribution in [-0.2, 0) is 0 Å². The maximum atomic E-state index is 11.8. The number of aromatic nitrogens is 3. The summed E-state index contributed by atoms with van der Waals surface area (Å²) in [6.45, 7) is 1.86. The lowest BCUT2D eigenvalue weighted by Crippen LogP contribution is -2.39. The molecule has 0 saturated carbocycles. The molecule has 8 nitrogen and oxygen atoms in total. The van der Waals surface area contributed by atoms with Crippen molar-refractivity contribution in [3.05, 3.63) is 47.5 Å². The lowest BCUT2D eigenvalue weighted by atomic mass is 10.1. The zero-order chi connectivity index (χ0) is 19.3. The number of nitrogens with two attached hydrogens (primary N) is 1. The van der Waals surface area contributed by atoms with Gasteiger partial charge in [0.2, 0.25) is 5.95 Å². The van der Waals surface area contributed by atoms with E-state index in [0.717, 1.165) is 42.1 Å². The largest absolute Gasteiger partial charge is 0.364 e. The molecule has 9 heteroatoms. The van der Waals surface area contributed by atoms with E-state index in [9.17, 15) is 4.79 Å². The first kappa shape index (κ1) is 18.3. The van der Waals surface area contributed by atoms with E-state index < -0.39 is 5.91 Å². The van der Waals surface area contributed by atoms with Gasteiger partial charge in [-0.25, -0.2) is 0 Å². The predicted molar refractivity (Wildman–Crippen MR) is 111 cm³/mol. The van der Waals surface area contributed by atoms with Crippen molar-refractivity contribution in [1.29, 1.82) is 0 Å². The van der Waals surface area contributed by atoms with Gasteiger partial charge in [-0.2, -0.15) is 4.98 Å². The van der Waals surface area contributed by atoms with Gasteiger partial charge in [0, 0.05) is 18.0 Å². The highest BCUT2D eigenvalue weighted by molar-refractivity contribution is 7.14. The maximum absolute atomic E-state index is 11.8. The summed E-state index contributed by atoms with van der Waals surface area (Å²) in [7, 11) is 0. The molecule has 0 radical (unpaired) electrons. The van der Waals surface area contributed by atoms with Gasteiger partial charge in [0.25, 0.3) is 5.91 Å². The third-order valence-electron chi connectivity index (χ3n) is 4.50. The number of thiophene rings is 1. The second kappa shape index (κ2) is 8.32. The van der Waals surface area contributed by atoms with Crippen molar-refractivity contribution in [1.82, 2.24) is 20.5 Å². The molecule has 0 aliphatic carbocycles. The van der Waals surface area contributed by atoms with Gasteiger partial charge in [0.05, 0.1) is 5.00 Å². The minimum atomic E-state index is -0.673. The van der Waals surface area contributed by atoms with Crippen LogP contribution in [0.25, 0.3) is 11.1 Å². The first-order chi connectivity index (χ1) is 13.7. The van der Waals surface area contributed by atoms with Gasteiger partial charge >= 0.3 is 0 Å². The van der Waals surface area contributed by atoms with Crippen LogP contribution >= 0.6 is 11.3 Å². The van der Waals surface area contributed by atoms with Crippen LogP contribution in [0.1, 0.15) is 23.3 Å². The number of benzene rings is 1. The van der Waals surface area contributed by atoms with Gasteiger partial charge in [-0.15, -0.1) is 21.5 Å². The number of amides is 1. The van der Waals surface area contributed by atoms with Gasteiger partial charge in [-0.05, 0) is 36.6 Å². The summed E-state index contributed by atoms with van der Waals surface area (Å²) in [5.74, 6) is 0.00416. The van der Waals surface area contributed by atoms with Crippen molar-refractivity contribution in [2.45, 2.75) is 18.9 Å². The molecule has 3 heterocycles. The summed E-state index contributed by atoms with van der Waals surface area (Å²) in [6.07, 6.45) is 2.12. The second-order valence-electron chi connectivity index (χ2n) is 6.58. The van der Waals surface area contributed by atoms with E-state index in [1.165, 1.54) is 11.3 Å². The van der Waals surface area contributed by atoms with E-state index in [0.29, 0.717) is 11.8 Å². The van der Waals surface area contributed by atoms with Crippen LogP contribution in [-0.4, -0.2) is 40.2 Å². The van der Waals surface area contributed by atoms with Crippen LogP contribution in [0.4, 0.5) is 16.8 Å². The molecule has 1 aliphatic rings. The Bertz CT molecular complexity index is 954. The van der Waals surface area contributed by atoms with Crippen LogP contribution in [0.2, 0.25) is 0 Å². The van der Waals surface area contributed by atoms with Gasteiger partial charge < -0.3 is 21.7 Å². The van der Waals surface area contributed by atoms with Gasteiger partial charge in [-0.3, -0.25) is 4.79 Å². The molecule has 5 N–H and O–H groups in total. The first-order valence-corrected chi connectivity index (χ1v) is 10.00. The van der Waals surface area contributed by atoms with Gasteiger partial charge in [0.1, 0.15) is 0 Å². The third-order valence-corrected chi connectivity index (χ3v) is 5.34. The molecule has 0 spiro atoms. The Morgan fingerprint density at radius 3 is 2.82 bits per heavy atom. The Morgan fingerprint density at radius 1 is 1.21 bits per heavy atom. The Morgan fingerprint density at radius 2 is 2.07 bits per heavy atom. The highest BCUT2D eigenvalue weighted by Crippen LogP contribution is 2.31. The first-order valence-electron chi connectivity index (χ1n) is 9.12. The average molecular weight is 395 g/mol. The topological polar surface area (TPSA) is 118 Å². The van der Waals surface area contributed by atoms with E-state index in [4.69, 9.17) is 5.73 Å². The van der Waals surface area contributed by atoms with Gasteiger partial charge in [0.15, 0.2) is 11.5 Å². The van der Waals surface area contributed by atoms with Crippen molar-refractivity contribution in [3.8, 4) is 11.1 Å². The van der Waals surface area contributed by atoms with Crippen LogP contribution in [0.15, 0.2) is 41.8 Å². The minimum Gasteiger partial charge on any atom is -0.364 e. The normalized spacial score (nSPS) is 16.5. The molecule has 4 rings (SSSR count). The molecular formula is C19H21N7OS. The Balaban J connectivity index is 1.56. The Hall–Kier alpha value is -3.04. The fourth-order valence-corrected chi connectivity index (χ4v) is 3.91. The van der Waals surface area contributed by atoms with E-state index in [-0.39, 0.29) is 11.7 Å². The SMILES string of the molecule is NC(=O)c1nnc(N[C@H]2CCCNC2)nc1Nc1cc(-c2ccccc2)cs1. The standard InChI is InChI=1S/C19H21N7OS/c20-17(27)16-18(24-19(26-25-16)22-14-7-4-8-21-10-14)23-15-9-13(11-28-15)12-5-2-1-3-6-12/h1-3,5-6,9,11,14,21H,4,7-8,10H2,(H2,20,27)(H2,22,23,24,26)/t14-/m0/s1. The number of carbonyl (C=O) groups excluding carboxylic acids is 1. The number of hydrogen-bond donors (Lipinski definition) is 4. The summed E-state index contributed by atoms with van der Waals surface area (Å²) in [5.41, 5.74) is 7.67. The summed E-state index contributed by atoms with van der Waals surface area (Å²) >= 11 is 1.52. The quantitative estimate of drug-likeness (QED) is 0.507. The second-order valence-corrected chi connectivity index (χ2v) is 7.49. The van der Waals surface area contributed by atoms with Crippen LogP contribution < -0.4 is 21.7 Å². The molecule has 3 aromatic rings. The molecule has 1 amide bonds. The number of rotatable bonds is 6. The van der Waals surface area contributed by atoms with E-state index >= 15 is 0 Å². The number of primary amides is 1. The smallest absolute Gasteiger partial charge is 0.273 e. The lowest BCUT2D eigenvalue weighted by molar-refractivity contribution is 0.0995. The zero-order valence-corrected chi connectivity index (χ0v) is 16.0. The fourth-order valence-electron chi connectivity index (χ4n) is 3.10. The molecule has 1 saturated heterocycles. The summed E-state index contributed by atoms with van der Waals surface area (Å²) in [5, 5.41) is 20.6. The van der Waals surface area contributed by atoms with E-state index in [2.05, 4.69) is 31.1 Å². The predicted octanol–water partition coefficient (Wildman–Crippen LogP) is 2.61. The minimum absolute atomic E-state index is 0.0157. The molecule has 144 valence electrons. The molecule has 1 fully saturated rings. The number of nitrogens with zero attached hydrogens (tertiary/aromatic N) is 3. The molecular weight excluding hydrogens is 374 g/mol. The number of carbonyl (C=O) groups is 1. The molecule has 1 aromatic carbocycles. The average Bonchev–Trinajstić information content (AvgIpc) is 3.18. The fraction of sp³-hybridized carbons (Fsp3) is 0.263. The number of hydrogen-bond acceptors (Lipinski definition) is 8. The highest BCUT2D eigenvalue weighted by Gasteiger charge is 2.18. The molecule has 1 atom stereocenters. The number of anilines is 3. The van der Waals surface area contributed by atoms with Crippen LogP contribution in [0.3, 0.4) is 0 Å². The van der Waals surface area contributed by atoms with Crippen molar-refractivity contribution in [2.75, 3.05) is 23.7 Å². The van der Waals surface area contributed by atoms with Crippen LogP contribution in [0, 0.1) is 0 Å². The third kappa shape index (κ3) is 4.26. The summed E-state index contributed by atoms with van der Waals surface area (Å²) in [6, 6.07) is 12.3. The monoisotopic (exact) mass is 395 g/mol. The van der Waals surface area contributed by atoms with Crippen molar-refractivity contribution < 1.29 is 4.79 Å². The van der Waals surface area contributed by atoms with Gasteiger partial charge in [-0.1, -0.05) is 30.3 Å². The number of piperidine rings is 1. The van der Waals surface area contributed by atoms with Crippen molar-refractivity contribution in [3.63, 3.8) is 0 Å². The van der Waals surface area contributed by atoms with Crippen molar-refractivity contribution >= 4 is 34.0 Å². The molecule has 1 aliphatic heterocycles. The van der Waals surface area contributed by atoms with Crippen molar-refractivity contribution in [2.24, 2.45) is 5.73 Å². The summed E-state index contributed by atoms with van der Waals surface area (Å²) < 4.78 is 0.